The van der Waals surface area contributed by atoms with Gasteiger partial charge in [-0.3, -0.25) is 0 Å². The largest absolute Gasteiger partial charge is 0.307 e. The van der Waals surface area contributed by atoms with Gasteiger partial charge in [0, 0.05) is 22.3 Å². The van der Waals surface area contributed by atoms with Crippen molar-refractivity contribution in [1.29, 1.82) is 5.26 Å². The summed E-state index contributed by atoms with van der Waals surface area (Å²) in [6.45, 7) is 7.51. The van der Waals surface area contributed by atoms with Gasteiger partial charge in [0.25, 0.3) is 0 Å². The van der Waals surface area contributed by atoms with E-state index in [0.29, 0.717) is 0 Å². The molecule has 0 saturated carbocycles. The topological polar surface area (TPSA) is 35.8 Å². The maximum absolute atomic E-state index is 8.71. The fraction of sp³-hybridized carbons (Fsp3) is 0.583. The summed E-state index contributed by atoms with van der Waals surface area (Å²) < 4.78 is 0. The van der Waals surface area contributed by atoms with E-state index in [4.69, 9.17) is 5.26 Å². The molecule has 0 spiro atoms. The molecule has 82 valence electrons. The van der Waals surface area contributed by atoms with Crippen molar-refractivity contribution in [2.24, 2.45) is 0 Å². The summed E-state index contributed by atoms with van der Waals surface area (Å²) in [6.07, 6.45) is 2.25. The van der Waals surface area contributed by atoms with Crippen molar-refractivity contribution in [2.45, 2.75) is 45.7 Å². The molecule has 0 atom stereocenters. The van der Waals surface area contributed by atoms with E-state index >= 15 is 0 Å². The Morgan fingerprint density at radius 3 is 2.60 bits per heavy atom. The molecule has 1 N–H and O–H groups in total. The van der Waals surface area contributed by atoms with Gasteiger partial charge in [0.2, 0.25) is 0 Å². The summed E-state index contributed by atoms with van der Waals surface area (Å²) >= 11 is 1.65. The minimum atomic E-state index is 0.219. The van der Waals surface area contributed by atoms with E-state index in [0.717, 1.165) is 24.9 Å². The summed E-state index contributed by atoms with van der Waals surface area (Å²) in [7, 11) is 0. The van der Waals surface area contributed by atoms with Crippen molar-refractivity contribution in [1.82, 2.24) is 5.32 Å². The summed E-state index contributed by atoms with van der Waals surface area (Å²) in [5, 5.41) is 14.2. The molecule has 0 aliphatic carbocycles. The molecule has 0 unspecified atom stereocenters. The predicted molar refractivity (Wildman–Crippen MR) is 64.9 cm³/mol. The van der Waals surface area contributed by atoms with Crippen molar-refractivity contribution in [3.8, 4) is 6.07 Å². The number of nitrogens with zero attached hydrogens (tertiary/aromatic N) is 1. The predicted octanol–water partition coefficient (Wildman–Crippen LogP) is 3.29. The van der Waals surface area contributed by atoms with Crippen LogP contribution in [0.2, 0.25) is 0 Å². The van der Waals surface area contributed by atoms with Crippen molar-refractivity contribution in [2.75, 3.05) is 0 Å². The molecule has 0 aromatic carbocycles. The number of hydrogen-bond donors (Lipinski definition) is 1. The third-order valence-electron chi connectivity index (χ3n) is 3.03. The van der Waals surface area contributed by atoms with Crippen molar-refractivity contribution in [3.63, 3.8) is 0 Å². The van der Waals surface area contributed by atoms with E-state index in [1.807, 2.05) is 11.4 Å². The molecule has 0 aliphatic heterocycles. The molecule has 0 bridgehead atoms. The summed E-state index contributed by atoms with van der Waals surface area (Å²) in [6, 6.07) is 4.12. The number of hydrogen-bond acceptors (Lipinski definition) is 3. The average molecular weight is 222 g/mol. The quantitative estimate of drug-likeness (QED) is 0.829. The summed E-state index contributed by atoms with van der Waals surface area (Å²) in [5.74, 6) is 0. The number of nitrogens with one attached hydrogen (secondary N) is 1. The highest BCUT2D eigenvalue weighted by Crippen LogP contribution is 2.18. The molecule has 1 aromatic heterocycles. The van der Waals surface area contributed by atoms with Gasteiger partial charge in [-0.25, -0.2) is 0 Å². The van der Waals surface area contributed by atoms with Gasteiger partial charge in [0.15, 0.2) is 0 Å². The molecule has 0 saturated heterocycles. The number of nitriles is 1. The Morgan fingerprint density at radius 2 is 2.13 bits per heavy atom. The summed E-state index contributed by atoms with van der Waals surface area (Å²) in [4.78, 5) is 1.24. The minimum Gasteiger partial charge on any atom is -0.307 e. The molecular formula is C12H18N2S. The third-order valence-corrected chi connectivity index (χ3v) is 3.97. The zero-order valence-corrected chi connectivity index (χ0v) is 10.4. The highest BCUT2D eigenvalue weighted by atomic mass is 32.1. The van der Waals surface area contributed by atoms with Gasteiger partial charge in [-0.05, 0) is 25.8 Å². The van der Waals surface area contributed by atoms with Crippen LogP contribution < -0.4 is 5.32 Å². The Balaban J connectivity index is 2.53. The van der Waals surface area contributed by atoms with Crippen molar-refractivity contribution >= 4 is 11.3 Å². The van der Waals surface area contributed by atoms with E-state index in [1.165, 1.54) is 4.88 Å². The van der Waals surface area contributed by atoms with Crippen LogP contribution in [0.15, 0.2) is 11.4 Å². The van der Waals surface area contributed by atoms with Gasteiger partial charge in [0.05, 0.1) is 5.56 Å². The van der Waals surface area contributed by atoms with E-state index in [9.17, 15) is 0 Å². The van der Waals surface area contributed by atoms with Crippen molar-refractivity contribution in [3.05, 3.63) is 21.9 Å². The Kier molecular flexibility index (Phi) is 4.31. The monoisotopic (exact) mass is 222 g/mol. The maximum Gasteiger partial charge on any atom is 0.100 e. The van der Waals surface area contributed by atoms with Gasteiger partial charge in [-0.1, -0.05) is 13.8 Å². The van der Waals surface area contributed by atoms with Crippen LogP contribution in [-0.2, 0) is 6.54 Å². The fourth-order valence-electron chi connectivity index (χ4n) is 1.33. The average Bonchev–Trinajstić information content (AvgIpc) is 2.74. The SMILES string of the molecule is CCC(C)(CC)NCc1cc(C#N)cs1. The molecule has 0 amide bonds. The second-order valence-electron chi connectivity index (χ2n) is 4.03. The molecule has 15 heavy (non-hydrogen) atoms. The molecular weight excluding hydrogens is 204 g/mol. The Hall–Kier alpha value is -0.850. The Morgan fingerprint density at radius 1 is 1.47 bits per heavy atom. The molecule has 1 aromatic rings. The van der Waals surface area contributed by atoms with E-state index in [2.05, 4.69) is 32.2 Å². The fourth-order valence-corrected chi connectivity index (χ4v) is 2.08. The first kappa shape index (κ1) is 12.2. The second kappa shape index (κ2) is 5.29. The zero-order valence-electron chi connectivity index (χ0n) is 9.63. The van der Waals surface area contributed by atoms with Crippen LogP contribution in [0.4, 0.5) is 0 Å². The van der Waals surface area contributed by atoms with Crippen LogP contribution in [0.25, 0.3) is 0 Å². The van der Waals surface area contributed by atoms with Gasteiger partial charge in [-0.2, -0.15) is 5.26 Å². The maximum atomic E-state index is 8.71. The van der Waals surface area contributed by atoms with Gasteiger partial charge in [0.1, 0.15) is 6.07 Å². The minimum absolute atomic E-state index is 0.219. The van der Waals surface area contributed by atoms with Gasteiger partial charge >= 0.3 is 0 Å². The lowest BCUT2D eigenvalue weighted by molar-refractivity contribution is 0.330. The normalized spacial score (nSPS) is 11.3. The Bertz CT molecular complexity index is 345. The van der Waals surface area contributed by atoms with Crippen LogP contribution >= 0.6 is 11.3 Å². The standard InChI is InChI=1S/C12H18N2S/c1-4-12(3,5-2)14-8-11-6-10(7-13)9-15-11/h6,9,14H,4-5,8H2,1-3H3. The first-order valence-corrected chi connectivity index (χ1v) is 6.24. The highest BCUT2D eigenvalue weighted by Gasteiger charge is 2.18. The first-order valence-electron chi connectivity index (χ1n) is 5.36. The van der Waals surface area contributed by atoms with Crippen LogP contribution in [0, 0.1) is 11.3 Å². The molecule has 0 radical (unpaired) electrons. The molecule has 0 fully saturated rings. The third kappa shape index (κ3) is 3.33. The number of thiophene rings is 1. The lowest BCUT2D eigenvalue weighted by Crippen LogP contribution is -2.40. The molecule has 0 aliphatic rings. The summed E-state index contributed by atoms with van der Waals surface area (Å²) in [5.41, 5.74) is 0.989. The highest BCUT2D eigenvalue weighted by molar-refractivity contribution is 7.10. The molecule has 1 rings (SSSR count). The van der Waals surface area contributed by atoms with Gasteiger partial charge in [-0.15, -0.1) is 11.3 Å². The van der Waals surface area contributed by atoms with Crippen LogP contribution in [0.3, 0.4) is 0 Å². The van der Waals surface area contributed by atoms with Crippen LogP contribution in [0.5, 0.6) is 0 Å². The van der Waals surface area contributed by atoms with E-state index < -0.39 is 0 Å². The smallest absolute Gasteiger partial charge is 0.100 e. The van der Waals surface area contributed by atoms with Gasteiger partial charge < -0.3 is 5.32 Å². The molecule has 3 heteroatoms. The van der Waals surface area contributed by atoms with Crippen LogP contribution in [0.1, 0.15) is 44.1 Å². The lowest BCUT2D eigenvalue weighted by atomic mass is 9.95. The van der Waals surface area contributed by atoms with E-state index in [-0.39, 0.29) is 5.54 Å². The van der Waals surface area contributed by atoms with Crippen LogP contribution in [-0.4, -0.2) is 5.54 Å². The van der Waals surface area contributed by atoms with E-state index in [1.54, 1.807) is 11.3 Å². The van der Waals surface area contributed by atoms with Crippen molar-refractivity contribution < 1.29 is 0 Å². The molecule has 1 heterocycles. The lowest BCUT2D eigenvalue weighted by Gasteiger charge is -2.28. The zero-order chi connectivity index (χ0) is 11.3. The Labute approximate surface area is 95.9 Å². The molecule has 2 nitrogen and oxygen atoms in total. The second-order valence-corrected chi connectivity index (χ2v) is 5.03. The number of rotatable bonds is 5. The first-order chi connectivity index (χ1) is 7.13.